The second kappa shape index (κ2) is 8.86. The average molecular weight is 453 g/mol. The van der Waals surface area contributed by atoms with E-state index in [0.29, 0.717) is 28.4 Å². The zero-order valence-electron chi connectivity index (χ0n) is 19.2. The normalized spacial score (nSPS) is 11.0. The lowest BCUT2D eigenvalue weighted by atomic mass is 10.1. The molecule has 3 heterocycles. The van der Waals surface area contributed by atoms with Gasteiger partial charge in [0, 0.05) is 29.5 Å². The molecule has 1 amide bonds. The van der Waals surface area contributed by atoms with E-state index in [1.807, 2.05) is 73.1 Å². The van der Waals surface area contributed by atoms with Crippen molar-refractivity contribution in [2.75, 3.05) is 12.4 Å². The van der Waals surface area contributed by atoms with E-state index >= 15 is 0 Å². The van der Waals surface area contributed by atoms with Gasteiger partial charge >= 0.3 is 0 Å². The lowest BCUT2D eigenvalue weighted by molar-refractivity contribution is 0.102. The van der Waals surface area contributed by atoms with Crippen LogP contribution < -0.4 is 14.8 Å². The first kappa shape index (κ1) is 21.5. The molecule has 34 heavy (non-hydrogen) atoms. The Bertz CT molecular complexity index is 1490. The van der Waals surface area contributed by atoms with Crippen LogP contribution >= 0.6 is 0 Å². The first-order valence-electron chi connectivity index (χ1n) is 10.9. The van der Waals surface area contributed by atoms with Gasteiger partial charge in [0.15, 0.2) is 11.5 Å². The van der Waals surface area contributed by atoms with Crippen molar-refractivity contribution in [2.24, 2.45) is 0 Å². The zero-order valence-corrected chi connectivity index (χ0v) is 19.2. The minimum atomic E-state index is -0.232. The van der Waals surface area contributed by atoms with Crippen LogP contribution in [0, 0.1) is 13.8 Å². The number of ether oxygens (including phenoxy) is 2. The highest BCUT2D eigenvalue weighted by Crippen LogP contribution is 2.31. The number of aryl methyl sites for hydroxylation is 2. The molecular weight excluding hydrogens is 428 g/mol. The van der Waals surface area contributed by atoms with Gasteiger partial charge in [0.05, 0.1) is 29.6 Å². The third kappa shape index (κ3) is 4.28. The van der Waals surface area contributed by atoms with E-state index in [-0.39, 0.29) is 12.5 Å². The van der Waals surface area contributed by atoms with Crippen LogP contribution in [0.1, 0.15) is 27.3 Å². The number of anilines is 1. The molecule has 0 saturated carbocycles. The van der Waals surface area contributed by atoms with Crippen LogP contribution in [0.25, 0.3) is 16.6 Å². The molecule has 7 heteroatoms. The Morgan fingerprint density at radius 1 is 1.00 bits per heavy atom. The molecule has 5 rings (SSSR count). The Labute approximate surface area is 197 Å². The molecule has 5 aromatic rings. The van der Waals surface area contributed by atoms with Crippen molar-refractivity contribution in [3.63, 3.8) is 0 Å². The number of nitrogens with one attached hydrogen (secondary N) is 1. The lowest BCUT2D eigenvalue weighted by Crippen LogP contribution is -2.14. The van der Waals surface area contributed by atoms with Gasteiger partial charge < -0.3 is 19.2 Å². The Morgan fingerprint density at radius 3 is 2.71 bits per heavy atom. The summed E-state index contributed by atoms with van der Waals surface area (Å²) in [4.78, 5) is 22.2. The number of nitrogens with zero attached hydrogens (tertiary/aromatic N) is 3. The molecule has 0 aliphatic rings. The standard InChI is InChI=1S/C27H24N4O3/c1-17-7-9-23-19(12-17)13-22(18(2)28-23)27(32)30-20-8-10-24(33-3)25(14-20)34-16-21-15-31-11-5-4-6-26(31)29-21/h4-15H,16H2,1-3H3,(H,30,32). The predicted octanol–water partition coefficient (Wildman–Crippen LogP) is 5.34. The van der Waals surface area contributed by atoms with E-state index in [0.717, 1.165) is 27.8 Å². The van der Waals surface area contributed by atoms with Crippen LogP contribution in [-0.2, 0) is 6.61 Å². The Balaban J connectivity index is 1.37. The van der Waals surface area contributed by atoms with E-state index in [9.17, 15) is 4.79 Å². The van der Waals surface area contributed by atoms with Crippen LogP contribution in [0.2, 0.25) is 0 Å². The Kier molecular flexibility index (Phi) is 5.59. The first-order chi connectivity index (χ1) is 16.5. The number of aromatic nitrogens is 3. The molecule has 0 spiro atoms. The molecule has 0 aliphatic carbocycles. The van der Waals surface area contributed by atoms with Crippen molar-refractivity contribution in [1.82, 2.24) is 14.4 Å². The fourth-order valence-electron chi connectivity index (χ4n) is 3.90. The highest BCUT2D eigenvalue weighted by atomic mass is 16.5. The number of carbonyl (C=O) groups is 1. The quantitative estimate of drug-likeness (QED) is 0.376. The molecule has 0 atom stereocenters. The summed E-state index contributed by atoms with van der Waals surface area (Å²) in [6.45, 7) is 4.12. The van der Waals surface area contributed by atoms with Crippen LogP contribution in [0.3, 0.4) is 0 Å². The van der Waals surface area contributed by atoms with Gasteiger partial charge in [-0.1, -0.05) is 17.7 Å². The van der Waals surface area contributed by atoms with Crippen molar-refractivity contribution >= 4 is 28.1 Å². The van der Waals surface area contributed by atoms with Gasteiger partial charge in [-0.2, -0.15) is 0 Å². The first-order valence-corrected chi connectivity index (χ1v) is 10.9. The smallest absolute Gasteiger partial charge is 0.257 e. The number of pyridine rings is 2. The summed E-state index contributed by atoms with van der Waals surface area (Å²) in [5.41, 5.74) is 5.42. The number of carbonyl (C=O) groups excluding carboxylic acids is 1. The number of hydrogen-bond donors (Lipinski definition) is 1. The molecule has 2 aromatic carbocycles. The van der Waals surface area contributed by atoms with E-state index in [4.69, 9.17) is 9.47 Å². The van der Waals surface area contributed by atoms with Crippen LogP contribution in [-0.4, -0.2) is 27.4 Å². The second-order valence-electron chi connectivity index (χ2n) is 8.12. The fraction of sp³-hybridized carbons (Fsp3) is 0.148. The summed E-state index contributed by atoms with van der Waals surface area (Å²) in [5, 5.41) is 3.89. The average Bonchev–Trinajstić information content (AvgIpc) is 3.25. The van der Waals surface area contributed by atoms with E-state index in [1.165, 1.54) is 0 Å². The Hall–Kier alpha value is -4.39. The van der Waals surface area contributed by atoms with Crippen molar-refractivity contribution < 1.29 is 14.3 Å². The van der Waals surface area contributed by atoms with Crippen LogP contribution in [0.15, 0.2) is 73.1 Å². The monoisotopic (exact) mass is 452 g/mol. The largest absolute Gasteiger partial charge is 0.493 e. The molecular formula is C27H24N4O3. The van der Waals surface area contributed by atoms with Gasteiger partial charge in [0.2, 0.25) is 0 Å². The van der Waals surface area contributed by atoms with Gasteiger partial charge in [-0.15, -0.1) is 0 Å². The lowest BCUT2D eigenvalue weighted by Gasteiger charge is -2.13. The van der Waals surface area contributed by atoms with Crippen molar-refractivity contribution in [3.05, 3.63) is 95.6 Å². The van der Waals surface area contributed by atoms with Crippen LogP contribution in [0.5, 0.6) is 11.5 Å². The molecule has 170 valence electrons. The van der Waals surface area contributed by atoms with E-state index in [1.54, 1.807) is 25.3 Å². The molecule has 7 nitrogen and oxygen atoms in total. The molecule has 0 aliphatic heterocycles. The zero-order chi connectivity index (χ0) is 23.7. The molecule has 1 N–H and O–H groups in total. The number of methoxy groups -OCH3 is 1. The fourth-order valence-corrected chi connectivity index (χ4v) is 3.90. The summed E-state index contributed by atoms with van der Waals surface area (Å²) in [7, 11) is 1.58. The van der Waals surface area contributed by atoms with Crippen molar-refractivity contribution in [3.8, 4) is 11.5 Å². The van der Waals surface area contributed by atoms with E-state index < -0.39 is 0 Å². The minimum absolute atomic E-state index is 0.232. The topological polar surface area (TPSA) is 77.8 Å². The maximum Gasteiger partial charge on any atom is 0.257 e. The number of benzene rings is 2. The van der Waals surface area contributed by atoms with Gasteiger partial charge in [0.1, 0.15) is 12.3 Å². The minimum Gasteiger partial charge on any atom is -0.493 e. The summed E-state index contributed by atoms with van der Waals surface area (Å²) in [6.07, 6.45) is 3.86. The third-order valence-corrected chi connectivity index (χ3v) is 5.62. The second-order valence-corrected chi connectivity index (χ2v) is 8.12. The van der Waals surface area contributed by atoms with Gasteiger partial charge in [-0.05, 0) is 56.3 Å². The summed E-state index contributed by atoms with van der Waals surface area (Å²) in [5.74, 6) is 0.854. The molecule has 3 aromatic heterocycles. The highest BCUT2D eigenvalue weighted by molar-refractivity contribution is 6.07. The van der Waals surface area contributed by atoms with Crippen LogP contribution in [0.4, 0.5) is 5.69 Å². The number of rotatable bonds is 6. The molecule has 0 bridgehead atoms. The summed E-state index contributed by atoms with van der Waals surface area (Å²) >= 11 is 0. The number of amides is 1. The maximum atomic E-state index is 13.1. The summed E-state index contributed by atoms with van der Waals surface area (Å²) < 4.78 is 13.4. The van der Waals surface area contributed by atoms with E-state index in [2.05, 4.69) is 15.3 Å². The molecule has 0 unspecified atom stereocenters. The van der Waals surface area contributed by atoms with Crippen molar-refractivity contribution in [1.29, 1.82) is 0 Å². The predicted molar refractivity (Wildman–Crippen MR) is 132 cm³/mol. The highest BCUT2D eigenvalue weighted by Gasteiger charge is 2.14. The molecule has 0 saturated heterocycles. The number of fused-ring (bicyclic) bond motifs is 2. The van der Waals surface area contributed by atoms with Gasteiger partial charge in [-0.3, -0.25) is 9.78 Å². The van der Waals surface area contributed by atoms with Gasteiger partial charge in [-0.25, -0.2) is 4.98 Å². The molecule has 0 fully saturated rings. The third-order valence-electron chi connectivity index (χ3n) is 5.62. The number of hydrogen-bond acceptors (Lipinski definition) is 5. The van der Waals surface area contributed by atoms with Crippen molar-refractivity contribution in [2.45, 2.75) is 20.5 Å². The summed E-state index contributed by atoms with van der Waals surface area (Å²) in [6, 6.07) is 19.0. The maximum absolute atomic E-state index is 13.1. The van der Waals surface area contributed by atoms with Gasteiger partial charge in [0.25, 0.3) is 5.91 Å². The molecule has 0 radical (unpaired) electrons. The Morgan fingerprint density at radius 2 is 1.88 bits per heavy atom. The number of imidazole rings is 1. The SMILES string of the molecule is COc1ccc(NC(=O)c2cc3cc(C)ccc3nc2C)cc1OCc1cn2ccccc2n1.